The molecule has 4 heteroatoms. The Labute approximate surface area is 110 Å². The van der Waals surface area contributed by atoms with Crippen molar-refractivity contribution in [2.75, 3.05) is 0 Å². The van der Waals surface area contributed by atoms with Crippen LogP contribution in [0.1, 0.15) is 52.3 Å². The molecule has 1 heterocycles. The van der Waals surface area contributed by atoms with Crippen molar-refractivity contribution in [2.24, 2.45) is 0 Å². The van der Waals surface area contributed by atoms with Crippen molar-refractivity contribution in [3.8, 4) is 0 Å². The van der Waals surface area contributed by atoms with Gasteiger partial charge in [-0.3, -0.25) is 0 Å². The maximum Gasteiger partial charge on any atom is 0.371 e. The molecule has 1 aromatic carbocycles. The molecule has 1 unspecified atom stereocenters. The summed E-state index contributed by atoms with van der Waals surface area (Å²) >= 11 is 0. The number of carboxylic acid groups (broad SMARTS) is 1. The Kier molecular flexibility index (Phi) is 2.87. The lowest BCUT2D eigenvalue weighted by Crippen LogP contribution is -1.99. The van der Waals surface area contributed by atoms with Gasteiger partial charge >= 0.3 is 5.97 Å². The van der Waals surface area contributed by atoms with Crippen LogP contribution in [0.4, 0.5) is 0 Å². The molecule has 0 bridgehead atoms. The second kappa shape index (κ2) is 4.55. The van der Waals surface area contributed by atoms with Gasteiger partial charge in [-0.15, -0.1) is 0 Å². The number of hydrogen-bond donors (Lipinski definition) is 2. The Hall–Kier alpha value is -2.07. The fourth-order valence-corrected chi connectivity index (χ4v) is 2.18. The molecule has 98 valence electrons. The third-order valence-corrected chi connectivity index (χ3v) is 3.38. The molecule has 1 aliphatic carbocycles. The van der Waals surface area contributed by atoms with Crippen LogP contribution in [-0.4, -0.2) is 16.2 Å². The molecule has 1 atom stereocenters. The molecule has 0 spiro atoms. The molecule has 0 saturated heterocycles. The van der Waals surface area contributed by atoms with Crippen LogP contribution in [0.25, 0.3) is 0 Å². The van der Waals surface area contributed by atoms with Crippen molar-refractivity contribution in [1.29, 1.82) is 0 Å². The van der Waals surface area contributed by atoms with Gasteiger partial charge in [0.25, 0.3) is 0 Å². The molecule has 1 aliphatic rings. The second-order valence-corrected chi connectivity index (χ2v) is 4.85. The van der Waals surface area contributed by atoms with Crippen LogP contribution < -0.4 is 0 Å². The van der Waals surface area contributed by atoms with Gasteiger partial charge in [0.15, 0.2) is 0 Å². The first-order valence-electron chi connectivity index (χ1n) is 6.26. The van der Waals surface area contributed by atoms with Crippen LogP contribution in [0.2, 0.25) is 0 Å². The van der Waals surface area contributed by atoms with E-state index in [-0.39, 0.29) is 11.5 Å². The molecule has 2 aromatic rings. The van der Waals surface area contributed by atoms with Gasteiger partial charge < -0.3 is 14.6 Å². The Balaban J connectivity index is 1.87. The minimum Gasteiger partial charge on any atom is -0.475 e. The lowest BCUT2D eigenvalue weighted by Gasteiger charge is -2.09. The van der Waals surface area contributed by atoms with E-state index in [1.807, 2.05) is 18.2 Å². The number of benzene rings is 1. The van der Waals surface area contributed by atoms with Crippen molar-refractivity contribution in [3.63, 3.8) is 0 Å². The summed E-state index contributed by atoms with van der Waals surface area (Å²) in [4.78, 5) is 10.7. The predicted octanol–water partition coefficient (Wildman–Crippen LogP) is 2.94. The average Bonchev–Trinajstić information content (AvgIpc) is 3.15. The van der Waals surface area contributed by atoms with Gasteiger partial charge in [0, 0.05) is 0 Å². The molecule has 3 rings (SSSR count). The van der Waals surface area contributed by atoms with E-state index in [1.54, 1.807) is 0 Å². The SMILES string of the molecule is O=C(O)c1ccc(C(O)c2cccc(C3CC3)c2)o1. The summed E-state index contributed by atoms with van der Waals surface area (Å²) < 4.78 is 5.13. The quantitative estimate of drug-likeness (QED) is 0.884. The van der Waals surface area contributed by atoms with Crippen LogP contribution in [0.3, 0.4) is 0 Å². The lowest BCUT2D eigenvalue weighted by atomic mass is 10.0. The van der Waals surface area contributed by atoms with E-state index in [1.165, 1.54) is 30.5 Å². The monoisotopic (exact) mass is 258 g/mol. The number of hydrogen-bond acceptors (Lipinski definition) is 3. The standard InChI is InChI=1S/C15H14O4/c16-14(12-6-7-13(19-12)15(17)18)11-3-1-2-10(8-11)9-4-5-9/h1-3,6-9,14,16H,4-5H2,(H,17,18). The van der Waals surface area contributed by atoms with Gasteiger partial charge in [0.05, 0.1) is 0 Å². The zero-order chi connectivity index (χ0) is 13.4. The summed E-state index contributed by atoms with van der Waals surface area (Å²) in [5.41, 5.74) is 1.96. The van der Waals surface area contributed by atoms with Crippen molar-refractivity contribution in [2.45, 2.75) is 24.9 Å². The zero-order valence-electron chi connectivity index (χ0n) is 10.2. The number of carboxylic acids is 1. The third kappa shape index (κ3) is 2.39. The Morgan fingerprint density at radius 1 is 1.26 bits per heavy atom. The smallest absolute Gasteiger partial charge is 0.371 e. The fourth-order valence-electron chi connectivity index (χ4n) is 2.18. The fraction of sp³-hybridized carbons (Fsp3) is 0.267. The molecule has 1 aromatic heterocycles. The van der Waals surface area contributed by atoms with E-state index < -0.39 is 12.1 Å². The van der Waals surface area contributed by atoms with Crippen LogP contribution in [0.15, 0.2) is 40.8 Å². The van der Waals surface area contributed by atoms with Gasteiger partial charge in [-0.05, 0) is 42.0 Å². The number of aromatic carboxylic acids is 1. The first kappa shape index (κ1) is 12.0. The largest absolute Gasteiger partial charge is 0.475 e. The summed E-state index contributed by atoms with van der Waals surface area (Å²) in [7, 11) is 0. The highest BCUT2D eigenvalue weighted by Crippen LogP contribution is 2.40. The summed E-state index contributed by atoms with van der Waals surface area (Å²) in [6.45, 7) is 0. The molecular weight excluding hydrogens is 244 g/mol. The van der Waals surface area contributed by atoms with Crippen LogP contribution in [0.5, 0.6) is 0 Å². The van der Waals surface area contributed by atoms with E-state index >= 15 is 0 Å². The summed E-state index contributed by atoms with van der Waals surface area (Å²) in [6.07, 6.45) is 1.47. The molecule has 4 nitrogen and oxygen atoms in total. The second-order valence-electron chi connectivity index (χ2n) is 4.85. The normalized spacial score (nSPS) is 16.3. The zero-order valence-corrected chi connectivity index (χ0v) is 10.2. The van der Waals surface area contributed by atoms with E-state index in [2.05, 4.69) is 6.07 Å². The molecule has 19 heavy (non-hydrogen) atoms. The molecule has 1 saturated carbocycles. The number of carbonyl (C=O) groups is 1. The predicted molar refractivity (Wildman–Crippen MR) is 68.1 cm³/mol. The van der Waals surface area contributed by atoms with E-state index in [9.17, 15) is 9.90 Å². The van der Waals surface area contributed by atoms with Gasteiger partial charge in [0.2, 0.25) is 5.76 Å². The summed E-state index contributed by atoms with van der Waals surface area (Å²) in [5, 5.41) is 19.0. The molecule has 0 aliphatic heterocycles. The van der Waals surface area contributed by atoms with Gasteiger partial charge in [-0.2, -0.15) is 0 Å². The highest BCUT2D eigenvalue weighted by Gasteiger charge is 2.25. The van der Waals surface area contributed by atoms with Crippen LogP contribution in [0, 0.1) is 0 Å². The van der Waals surface area contributed by atoms with Crippen molar-refractivity contribution < 1.29 is 19.4 Å². The maximum atomic E-state index is 10.7. The van der Waals surface area contributed by atoms with E-state index in [0.717, 1.165) is 5.56 Å². The van der Waals surface area contributed by atoms with Crippen molar-refractivity contribution in [3.05, 3.63) is 59.0 Å². The Morgan fingerprint density at radius 3 is 2.68 bits per heavy atom. The highest BCUT2D eigenvalue weighted by molar-refractivity contribution is 5.84. The number of aliphatic hydroxyl groups excluding tert-OH is 1. The van der Waals surface area contributed by atoms with Crippen LogP contribution >= 0.6 is 0 Å². The minimum atomic E-state index is -1.13. The highest BCUT2D eigenvalue weighted by atomic mass is 16.4. The van der Waals surface area contributed by atoms with E-state index in [4.69, 9.17) is 9.52 Å². The molecule has 0 amide bonds. The molecule has 2 N–H and O–H groups in total. The third-order valence-electron chi connectivity index (χ3n) is 3.38. The molecule has 1 fully saturated rings. The summed E-state index contributed by atoms with van der Waals surface area (Å²) in [5.74, 6) is -0.429. The Bertz CT molecular complexity index is 610. The average molecular weight is 258 g/mol. The van der Waals surface area contributed by atoms with Gasteiger partial charge in [0.1, 0.15) is 11.9 Å². The van der Waals surface area contributed by atoms with Crippen molar-refractivity contribution >= 4 is 5.97 Å². The lowest BCUT2D eigenvalue weighted by molar-refractivity contribution is 0.0655. The van der Waals surface area contributed by atoms with Crippen LogP contribution in [-0.2, 0) is 0 Å². The maximum absolute atomic E-state index is 10.7. The minimum absolute atomic E-state index is 0.160. The number of aliphatic hydroxyl groups is 1. The van der Waals surface area contributed by atoms with Gasteiger partial charge in [-0.25, -0.2) is 4.79 Å². The first-order chi connectivity index (χ1) is 9.15. The van der Waals surface area contributed by atoms with Crippen molar-refractivity contribution in [1.82, 2.24) is 0 Å². The first-order valence-corrected chi connectivity index (χ1v) is 6.26. The topological polar surface area (TPSA) is 70.7 Å². The van der Waals surface area contributed by atoms with E-state index in [0.29, 0.717) is 5.92 Å². The number of furan rings is 1. The van der Waals surface area contributed by atoms with Gasteiger partial charge in [-0.1, -0.05) is 24.3 Å². The Morgan fingerprint density at radius 2 is 2.05 bits per heavy atom. The number of rotatable bonds is 4. The summed E-state index contributed by atoms with van der Waals surface area (Å²) in [6, 6.07) is 10.6. The molecule has 0 radical (unpaired) electrons. The molecular formula is C15H14O4.